The zero-order chi connectivity index (χ0) is 9.84. The molecule has 13 heavy (non-hydrogen) atoms. The summed E-state index contributed by atoms with van der Waals surface area (Å²) in [5.74, 6) is 0.153. The molecule has 0 aliphatic carbocycles. The monoisotopic (exact) mass is 176 g/mol. The number of aryl methyl sites for hydroxylation is 2. The highest BCUT2D eigenvalue weighted by molar-refractivity contribution is 5.95. The van der Waals surface area contributed by atoms with Crippen molar-refractivity contribution in [2.24, 2.45) is 0 Å². The van der Waals surface area contributed by atoms with Crippen molar-refractivity contribution < 1.29 is 4.79 Å². The molecular formula is C12H16O. The minimum absolute atomic E-state index is 0.153. The fourth-order valence-electron chi connectivity index (χ4n) is 1.56. The minimum Gasteiger partial charge on any atom is -0.295 e. The summed E-state index contributed by atoms with van der Waals surface area (Å²) in [7, 11) is 0. The van der Waals surface area contributed by atoms with Crippen molar-refractivity contribution >= 4 is 5.78 Å². The maximum atomic E-state index is 11.1. The lowest BCUT2D eigenvalue weighted by molar-refractivity contribution is 0.101. The number of benzene rings is 1. The van der Waals surface area contributed by atoms with Gasteiger partial charge in [0.15, 0.2) is 5.78 Å². The van der Waals surface area contributed by atoms with Crippen LogP contribution in [0.25, 0.3) is 0 Å². The van der Waals surface area contributed by atoms with Crippen LogP contribution in [-0.2, 0) is 6.42 Å². The van der Waals surface area contributed by atoms with Gasteiger partial charge in [-0.1, -0.05) is 31.5 Å². The molecule has 1 aromatic rings. The number of ketones is 1. The molecular weight excluding hydrogens is 160 g/mol. The van der Waals surface area contributed by atoms with Crippen LogP contribution in [0.1, 0.15) is 41.8 Å². The van der Waals surface area contributed by atoms with Gasteiger partial charge in [0.05, 0.1) is 0 Å². The lowest BCUT2D eigenvalue weighted by Crippen LogP contribution is -1.97. The molecule has 1 nitrogen and oxygen atoms in total. The second-order valence-electron chi connectivity index (χ2n) is 3.46. The summed E-state index contributed by atoms with van der Waals surface area (Å²) in [5.41, 5.74) is 3.27. The van der Waals surface area contributed by atoms with Gasteiger partial charge in [-0.15, -0.1) is 0 Å². The van der Waals surface area contributed by atoms with Gasteiger partial charge in [-0.25, -0.2) is 0 Å². The Bertz CT molecular complexity index is 313. The van der Waals surface area contributed by atoms with Crippen molar-refractivity contribution in [3.8, 4) is 0 Å². The smallest absolute Gasteiger partial charge is 0.160 e. The number of carbonyl (C=O) groups excluding carboxylic acids is 1. The molecule has 0 N–H and O–H groups in total. The molecule has 0 aromatic heterocycles. The predicted octanol–water partition coefficient (Wildman–Crippen LogP) is 3.15. The molecule has 0 saturated carbocycles. The lowest BCUT2D eigenvalue weighted by atomic mass is 10.0. The minimum atomic E-state index is 0.153. The first kappa shape index (κ1) is 9.97. The Kier molecular flexibility index (Phi) is 3.24. The standard InChI is InChI=1S/C12H16O/c1-4-5-11-6-7-12(10(3)13)9(2)8-11/h6-8H,4-5H2,1-3H3. The van der Waals surface area contributed by atoms with Crippen molar-refractivity contribution in [3.05, 3.63) is 34.9 Å². The van der Waals surface area contributed by atoms with E-state index in [2.05, 4.69) is 13.0 Å². The number of carbonyl (C=O) groups is 1. The third kappa shape index (κ3) is 2.41. The fraction of sp³-hybridized carbons (Fsp3) is 0.417. The summed E-state index contributed by atoms with van der Waals surface area (Å²) in [5, 5.41) is 0. The van der Waals surface area contributed by atoms with E-state index in [1.54, 1.807) is 6.92 Å². The lowest BCUT2D eigenvalue weighted by Gasteiger charge is -2.04. The number of hydrogen-bond donors (Lipinski definition) is 0. The Morgan fingerprint density at radius 3 is 2.54 bits per heavy atom. The van der Waals surface area contributed by atoms with Crippen LogP contribution >= 0.6 is 0 Å². The van der Waals surface area contributed by atoms with Crippen molar-refractivity contribution in [1.29, 1.82) is 0 Å². The maximum Gasteiger partial charge on any atom is 0.160 e. The van der Waals surface area contributed by atoms with E-state index >= 15 is 0 Å². The second kappa shape index (κ2) is 4.22. The Morgan fingerprint density at radius 2 is 2.08 bits per heavy atom. The first-order valence-electron chi connectivity index (χ1n) is 4.75. The first-order chi connectivity index (χ1) is 6.15. The summed E-state index contributed by atoms with van der Waals surface area (Å²) in [4.78, 5) is 11.1. The molecule has 0 aliphatic heterocycles. The average Bonchev–Trinajstić information content (AvgIpc) is 2.04. The molecule has 1 heteroatoms. The van der Waals surface area contributed by atoms with Crippen molar-refractivity contribution in [3.63, 3.8) is 0 Å². The summed E-state index contributed by atoms with van der Waals surface area (Å²) >= 11 is 0. The molecule has 0 heterocycles. The van der Waals surface area contributed by atoms with Gasteiger partial charge in [0.25, 0.3) is 0 Å². The number of hydrogen-bond acceptors (Lipinski definition) is 1. The van der Waals surface area contributed by atoms with Crippen LogP contribution in [0.15, 0.2) is 18.2 Å². The van der Waals surface area contributed by atoms with E-state index in [4.69, 9.17) is 0 Å². The highest BCUT2D eigenvalue weighted by Gasteiger charge is 2.03. The SMILES string of the molecule is CCCc1ccc(C(C)=O)c(C)c1. The third-order valence-corrected chi connectivity index (χ3v) is 2.21. The quantitative estimate of drug-likeness (QED) is 0.646. The van der Waals surface area contributed by atoms with E-state index in [1.165, 1.54) is 5.56 Å². The molecule has 0 unspecified atom stereocenters. The van der Waals surface area contributed by atoms with Crippen LogP contribution in [0, 0.1) is 6.92 Å². The largest absolute Gasteiger partial charge is 0.295 e. The Morgan fingerprint density at radius 1 is 1.38 bits per heavy atom. The fourth-order valence-corrected chi connectivity index (χ4v) is 1.56. The van der Waals surface area contributed by atoms with Gasteiger partial charge in [-0.2, -0.15) is 0 Å². The average molecular weight is 176 g/mol. The van der Waals surface area contributed by atoms with Gasteiger partial charge in [0.1, 0.15) is 0 Å². The van der Waals surface area contributed by atoms with E-state index in [0.717, 1.165) is 24.0 Å². The van der Waals surface area contributed by atoms with Crippen LogP contribution < -0.4 is 0 Å². The molecule has 0 aliphatic rings. The number of Topliss-reactive ketones (excluding diaryl/α,β-unsaturated/α-hetero) is 1. The normalized spacial score (nSPS) is 10.1. The van der Waals surface area contributed by atoms with Gasteiger partial charge >= 0.3 is 0 Å². The molecule has 0 atom stereocenters. The Balaban J connectivity index is 2.98. The Labute approximate surface area is 79.8 Å². The van der Waals surface area contributed by atoms with E-state index < -0.39 is 0 Å². The molecule has 1 rings (SSSR count). The van der Waals surface area contributed by atoms with E-state index in [9.17, 15) is 4.79 Å². The van der Waals surface area contributed by atoms with Crippen LogP contribution in [0.3, 0.4) is 0 Å². The van der Waals surface area contributed by atoms with Gasteiger partial charge in [-0.3, -0.25) is 4.79 Å². The van der Waals surface area contributed by atoms with Crippen molar-refractivity contribution in [2.45, 2.75) is 33.6 Å². The first-order valence-corrected chi connectivity index (χ1v) is 4.75. The molecule has 0 fully saturated rings. The maximum absolute atomic E-state index is 11.1. The van der Waals surface area contributed by atoms with Crippen LogP contribution in [0.4, 0.5) is 0 Å². The summed E-state index contributed by atoms with van der Waals surface area (Å²) in [6.07, 6.45) is 2.25. The molecule has 70 valence electrons. The van der Waals surface area contributed by atoms with Gasteiger partial charge < -0.3 is 0 Å². The zero-order valence-electron chi connectivity index (χ0n) is 8.55. The highest BCUT2D eigenvalue weighted by atomic mass is 16.1. The molecule has 0 radical (unpaired) electrons. The topological polar surface area (TPSA) is 17.1 Å². The predicted molar refractivity (Wildman–Crippen MR) is 55.2 cm³/mol. The third-order valence-electron chi connectivity index (χ3n) is 2.21. The van der Waals surface area contributed by atoms with Crippen molar-refractivity contribution in [2.75, 3.05) is 0 Å². The molecule has 0 amide bonds. The van der Waals surface area contributed by atoms with Gasteiger partial charge in [-0.05, 0) is 31.4 Å². The molecule has 0 spiro atoms. The molecule has 0 saturated heterocycles. The second-order valence-corrected chi connectivity index (χ2v) is 3.46. The van der Waals surface area contributed by atoms with Crippen LogP contribution in [0.2, 0.25) is 0 Å². The van der Waals surface area contributed by atoms with E-state index in [-0.39, 0.29) is 5.78 Å². The molecule has 1 aromatic carbocycles. The summed E-state index contributed by atoms with van der Waals surface area (Å²) in [6, 6.07) is 6.09. The summed E-state index contributed by atoms with van der Waals surface area (Å²) in [6.45, 7) is 5.77. The van der Waals surface area contributed by atoms with E-state index in [0.29, 0.717) is 0 Å². The molecule has 0 bridgehead atoms. The highest BCUT2D eigenvalue weighted by Crippen LogP contribution is 2.12. The van der Waals surface area contributed by atoms with Gasteiger partial charge in [0, 0.05) is 5.56 Å². The Hall–Kier alpha value is -1.11. The van der Waals surface area contributed by atoms with Crippen molar-refractivity contribution in [1.82, 2.24) is 0 Å². The summed E-state index contributed by atoms with van der Waals surface area (Å²) < 4.78 is 0. The zero-order valence-corrected chi connectivity index (χ0v) is 8.55. The van der Waals surface area contributed by atoms with E-state index in [1.807, 2.05) is 19.1 Å². The van der Waals surface area contributed by atoms with Gasteiger partial charge in [0.2, 0.25) is 0 Å². The number of rotatable bonds is 3. The van der Waals surface area contributed by atoms with Crippen LogP contribution in [-0.4, -0.2) is 5.78 Å². The van der Waals surface area contributed by atoms with Crippen LogP contribution in [0.5, 0.6) is 0 Å².